The van der Waals surface area contributed by atoms with Gasteiger partial charge in [-0.3, -0.25) is 9.11 Å². The minimum atomic E-state index is -4.34. The molecule has 0 unspecified atom stereocenters. The second-order valence-corrected chi connectivity index (χ2v) is 10.7. The molecule has 4 rings (SSSR count). The van der Waals surface area contributed by atoms with Crippen molar-refractivity contribution in [3.63, 3.8) is 0 Å². The highest BCUT2D eigenvalue weighted by molar-refractivity contribution is 7.86. The molecule has 4 aromatic carbocycles. The Morgan fingerprint density at radius 2 is 0.861 bits per heavy atom. The molecule has 0 aliphatic carbocycles. The Kier molecular flexibility index (Phi) is 7.32. The Morgan fingerprint density at radius 3 is 1.25 bits per heavy atom. The van der Waals surface area contributed by atoms with E-state index < -0.39 is 20.2 Å². The van der Waals surface area contributed by atoms with Crippen LogP contribution in [0.4, 0.5) is 0 Å². The molecular weight excluding hydrogens is 496 g/mol. The van der Waals surface area contributed by atoms with Crippen LogP contribution in [-0.2, 0) is 20.2 Å². The van der Waals surface area contributed by atoms with Gasteiger partial charge in [-0.15, -0.1) is 0 Å². The first kappa shape index (κ1) is 25.3. The molecule has 0 heterocycles. The molecule has 0 fully saturated rings. The average Bonchev–Trinajstić information content (AvgIpc) is 2.86. The number of benzene rings is 4. The van der Waals surface area contributed by atoms with Crippen molar-refractivity contribution in [2.45, 2.75) is 9.79 Å². The van der Waals surface area contributed by atoms with Gasteiger partial charge in [-0.05, 0) is 57.6 Å². The Hall–Kier alpha value is -3.82. The molecule has 0 amide bonds. The van der Waals surface area contributed by atoms with Crippen molar-refractivity contribution in [3.05, 3.63) is 119 Å². The molecule has 0 aromatic heterocycles. The van der Waals surface area contributed by atoms with Gasteiger partial charge in [0.1, 0.15) is 9.79 Å². The average molecular weight is 519 g/mol. The van der Waals surface area contributed by atoms with Gasteiger partial charge >= 0.3 is 0 Å². The maximum absolute atomic E-state index is 11.6. The fourth-order valence-corrected chi connectivity index (χ4v) is 5.09. The summed E-state index contributed by atoms with van der Waals surface area (Å²) >= 11 is 0. The van der Waals surface area contributed by atoms with Crippen molar-refractivity contribution in [1.82, 2.24) is 0 Å². The van der Waals surface area contributed by atoms with Gasteiger partial charge in [-0.1, -0.05) is 97.1 Å². The van der Waals surface area contributed by atoms with Crippen molar-refractivity contribution in [2.75, 3.05) is 0 Å². The van der Waals surface area contributed by atoms with Crippen molar-refractivity contribution >= 4 is 44.5 Å². The molecular formula is C28H22O6S2. The van der Waals surface area contributed by atoms with E-state index in [0.717, 1.165) is 22.3 Å². The number of rotatable bonds is 7. The number of hydrogen-bond donors (Lipinski definition) is 2. The highest BCUT2D eigenvalue weighted by Crippen LogP contribution is 2.25. The minimum Gasteiger partial charge on any atom is -0.282 e. The van der Waals surface area contributed by atoms with Crippen LogP contribution >= 0.6 is 0 Å². The molecule has 0 radical (unpaired) electrons. The maximum atomic E-state index is 11.6. The topological polar surface area (TPSA) is 109 Å². The summed E-state index contributed by atoms with van der Waals surface area (Å²) in [5.74, 6) is 0. The molecule has 0 saturated carbocycles. The second-order valence-electron chi connectivity index (χ2n) is 7.94. The second kappa shape index (κ2) is 10.4. The lowest BCUT2D eigenvalue weighted by Gasteiger charge is -2.06. The predicted molar refractivity (Wildman–Crippen MR) is 142 cm³/mol. The third-order valence-corrected chi connectivity index (χ3v) is 7.27. The molecule has 2 N–H and O–H groups in total. The van der Waals surface area contributed by atoms with Crippen LogP contribution in [0.2, 0.25) is 0 Å². The van der Waals surface area contributed by atoms with Gasteiger partial charge in [-0.25, -0.2) is 0 Å². The fourth-order valence-electron chi connectivity index (χ4n) is 3.72. The van der Waals surface area contributed by atoms with E-state index in [2.05, 4.69) is 0 Å². The zero-order valence-corrected chi connectivity index (χ0v) is 20.5. The zero-order valence-electron chi connectivity index (χ0n) is 18.9. The van der Waals surface area contributed by atoms with Gasteiger partial charge in [0.05, 0.1) is 0 Å². The van der Waals surface area contributed by atoms with Crippen LogP contribution in [-0.4, -0.2) is 25.9 Å². The van der Waals surface area contributed by atoms with Crippen molar-refractivity contribution in [1.29, 1.82) is 0 Å². The molecule has 4 aromatic rings. The molecule has 8 heteroatoms. The third kappa shape index (κ3) is 6.24. The summed E-state index contributed by atoms with van der Waals surface area (Å²) in [6, 6.07) is 27.7. The monoisotopic (exact) mass is 518 g/mol. The van der Waals surface area contributed by atoms with Crippen LogP contribution in [0, 0.1) is 0 Å². The van der Waals surface area contributed by atoms with E-state index in [-0.39, 0.29) is 9.79 Å². The zero-order chi connectivity index (χ0) is 25.8. The summed E-state index contributed by atoms with van der Waals surface area (Å²) in [5.41, 5.74) is 4.27. The van der Waals surface area contributed by atoms with Gasteiger partial charge in [0.25, 0.3) is 20.2 Å². The van der Waals surface area contributed by atoms with Crippen molar-refractivity contribution in [3.8, 4) is 11.1 Å². The summed E-state index contributed by atoms with van der Waals surface area (Å²) in [5, 5.41) is 0. The third-order valence-electron chi connectivity index (χ3n) is 5.41. The first-order chi connectivity index (χ1) is 17.1. The normalized spacial score (nSPS) is 12.4. The van der Waals surface area contributed by atoms with Crippen LogP contribution in [0.25, 0.3) is 35.4 Å². The Labute approximate surface area is 210 Å². The van der Waals surface area contributed by atoms with E-state index in [1.165, 1.54) is 12.1 Å². The highest BCUT2D eigenvalue weighted by atomic mass is 32.2. The van der Waals surface area contributed by atoms with Crippen LogP contribution in [0.5, 0.6) is 0 Å². The van der Waals surface area contributed by atoms with Crippen molar-refractivity contribution < 1.29 is 25.9 Å². The molecule has 0 spiro atoms. The Bertz CT molecular complexity index is 1560. The van der Waals surface area contributed by atoms with E-state index in [0.29, 0.717) is 11.1 Å². The summed E-state index contributed by atoms with van der Waals surface area (Å²) in [7, 11) is -8.67. The van der Waals surface area contributed by atoms with Crippen molar-refractivity contribution in [2.24, 2.45) is 0 Å². The maximum Gasteiger partial charge on any atom is 0.295 e. The van der Waals surface area contributed by atoms with E-state index in [9.17, 15) is 25.9 Å². The predicted octanol–water partition coefficient (Wildman–Crippen LogP) is 6.19. The smallest absolute Gasteiger partial charge is 0.282 e. The van der Waals surface area contributed by atoms with E-state index in [4.69, 9.17) is 0 Å². The van der Waals surface area contributed by atoms with Gasteiger partial charge in [0.2, 0.25) is 0 Å². The molecule has 182 valence electrons. The molecule has 0 aliphatic heterocycles. The van der Waals surface area contributed by atoms with Crippen LogP contribution in [0.1, 0.15) is 22.3 Å². The lowest BCUT2D eigenvalue weighted by Crippen LogP contribution is -2.00. The van der Waals surface area contributed by atoms with E-state index >= 15 is 0 Å². The molecule has 0 saturated heterocycles. The standard InChI is InChI=1S/C28H22O6S2/c29-35(30,31)27-13-3-1-9-23(27)17-15-21-7-5-11-25(19-21)26-12-6-8-22(20-26)16-18-24-10-2-4-14-28(24)36(32,33)34/h1-20H,(H,29,30,31)(H,32,33,34)/b17-15-,18-16-. The summed E-state index contributed by atoms with van der Waals surface area (Å²) in [6.07, 6.45) is 6.80. The summed E-state index contributed by atoms with van der Waals surface area (Å²) < 4.78 is 65.4. The first-order valence-corrected chi connectivity index (χ1v) is 13.7. The minimum absolute atomic E-state index is 0.160. The molecule has 6 nitrogen and oxygen atoms in total. The summed E-state index contributed by atoms with van der Waals surface area (Å²) in [6.45, 7) is 0. The van der Waals surface area contributed by atoms with Crippen LogP contribution in [0.15, 0.2) is 107 Å². The summed E-state index contributed by atoms with van der Waals surface area (Å²) in [4.78, 5) is -0.320. The number of hydrogen-bond acceptors (Lipinski definition) is 4. The van der Waals surface area contributed by atoms with Gasteiger partial charge < -0.3 is 0 Å². The van der Waals surface area contributed by atoms with Gasteiger partial charge in [0.15, 0.2) is 0 Å². The fraction of sp³-hybridized carbons (Fsp3) is 0. The molecule has 0 bridgehead atoms. The van der Waals surface area contributed by atoms with Gasteiger partial charge in [0, 0.05) is 0 Å². The lowest BCUT2D eigenvalue weighted by molar-refractivity contribution is 0.480. The largest absolute Gasteiger partial charge is 0.295 e. The Morgan fingerprint density at radius 1 is 0.472 bits per heavy atom. The van der Waals surface area contributed by atoms with E-state index in [1.807, 2.05) is 48.5 Å². The Balaban J connectivity index is 1.61. The SMILES string of the molecule is O=S(=O)(O)c1ccccc1/C=C\c1cccc(-c2cccc(/C=C\c3ccccc3S(=O)(=O)O)c2)c1. The molecule has 0 atom stereocenters. The molecule has 36 heavy (non-hydrogen) atoms. The van der Waals surface area contributed by atoms with E-state index in [1.54, 1.807) is 60.7 Å². The lowest BCUT2D eigenvalue weighted by atomic mass is 10.00. The first-order valence-electron chi connectivity index (χ1n) is 10.8. The highest BCUT2D eigenvalue weighted by Gasteiger charge is 2.13. The van der Waals surface area contributed by atoms with Gasteiger partial charge in [-0.2, -0.15) is 16.8 Å². The van der Waals surface area contributed by atoms with Crippen LogP contribution in [0.3, 0.4) is 0 Å². The molecule has 0 aliphatic rings. The quantitative estimate of drug-likeness (QED) is 0.223. The van der Waals surface area contributed by atoms with Crippen LogP contribution < -0.4 is 0 Å².